The Balaban J connectivity index is 2.09. The molecule has 21 heavy (non-hydrogen) atoms. The van der Waals surface area contributed by atoms with Gasteiger partial charge in [0.1, 0.15) is 5.54 Å². The van der Waals surface area contributed by atoms with Crippen LogP contribution in [0.1, 0.15) is 12.8 Å². The van der Waals surface area contributed by atoms with Crippen LogP contribution in [0.4, 0.5) is 14.9 Å². The Kier molecular flexibility index (Phi) is 4.64. The van der Waals surface area contributed by atoms with Gasteiger partial charge in [0.15, 0.2) is 5.82 Å². The summed E-state index contributed by atoms with van der Waals surface area (Å²) in [7, 11) is 0. The average Bonchev–Trinajstić information content (AvgIpc) is 2.44. The van der Waals surface area contributed by atoms with Crippen molar-refractivity contribution in [1.29, 1.82) is 0 Å². The van der Waals surface area contributed by atoms with E-state index >= 15 is 0 Å². The summed E-state index contributed by atoms with van der Waals surface area (Å²) in [6.07, 6.45) is 0.293. The van der Waals surface area contributed by atoms with Crippen molar-refractivity contribution in [2.24, 2.45) is 0 Å². The standard InChI is InChI=1S/C13H14ClFN2O4/c14-8-2-1-3-9(10(8)15)16-12(20)17-13(11(18)19)4-6-21-7-5-13/h1-3H,4-7H2,(H,18,19)(H2,16,17,20). The summed E-state index contributed by atoms with van der Waals surface area (Å²) in [5.74, 6) is -1.92. The van der Waals surface area contributed by atoms with Crippen molar-refractivity contribution in [1.82, 2.24) is 5.32 Å². The Morgan fingerprint density at radius 1 is 1.33 bits per heavy atom. The first-order valence-electron chi connectivity index (χ1n) is 6.29. The van der Waals surface area contributed by atoms with E-state index in [0.717, 1.165) is 0 Å². The largest absolute Gasteiger partial charge is 0.480 e. The fraction of sp³-hybridized carbons (Fsp3) is 0.385. The molecule has 6 nitrogen and oxygen atoms in total. The van der Waals surface area contributed by atoms with Crippen LogP contribution >= 0.6 is 11.6 Å². The highest BCUT2D eigenvalue weighted by Crippen LogP contribution is 2.24. The van der Waals surface area contributed by atoms with Gasteiger partial charge < -0.3 is 20.5 Å². The molecule has 0 radical (unpaired) electrons. The maximum Gasteiger partial charge on any atom is 0.329 e. The molecule has 0 aromatic heterocycles. The number of hydrogen-bond donors (Lipinski definition) is 3. The van der Waals surface area contributed by atoms with Crippen molar-refractivity contribution in [3.63, 3.8) is 0 Å². The fourth-order valence-corrected chi connectivity index (χ4v) is 2.26. The number of rotatable bonds is 3. The van der Waals surface area contributed by atoms with Crippen LogP contribution < -0.4 is 10.6 Å². The molecule has 0 spiro atoms. The zero-order valence-corrected chi connectivity index (χ0v) is 11.7. The van der Waals surface area contributed by atoms with Crippen molar-refractivity contribution in [3.05, 3.63) is 29.0 Å². The van der Waals surface area contributed by atoms with Crippen molar-refractivity contribution in [2.75, 3.05) is 18.5 Å². The Bertz CT molecular complexity index is 561. The lowest BCUT2D eigenvalue weighted by Gasteiger charge is -2.33. The first-order valence-corrected chi connectivity index (χ1v) is 6.67. The van der Waals surface area contributed by atoms with Gasteiger partial charge >= 0.3 is 12.0 Å². The van der Waals surface area contributed by atoms with Gasteiger partial charge in [-0.15, -0.1) is 0 Å². The topological polar surface area (TPSA) is 87.7 Å². The van der Waals surface area contributed by atoms with Gasteiger partial charge in [-0.1, -0.05) is 17.7 Å². The second-order valence-electron chi connectivity index (χ2n) is 4.68. The summed E-state index contributed by atoms with van der Waals surface area (Å²) >= 11 is 5.61. The molecule has 1 heterocycles. The number of amides is 2. The molecule has 114 valence electrons. The number of carboxylic acids is 1. The van der Waals surface area contributed by atoms with Crippen molar-refractivity contribution < 1.29 is 23.8 Å². The van der Waals surface area contributed by atoms with Gasteiger partial charge in [-0.3, -0.25) is 0 Å². The molecule has 1 aliphatic rings. The predicted octanol–water partition coefficient (Wildman–Crippen LogP) is 2.23. The highest BCUT2D eigenvalue weighted by Gasteiger charge is 2.41. The molecular weight excluding hydrogens is 303 g/mol. The fourth-order valence-electron chi connectivity index (χ4n) is 2.08. The molecule has 0 unspecified atom stereocenters. The number of carbonyl (C=O) groups is 2. The number of carbonyl (C=O) groups excluding carboxylic acids is 1. The van der Waals surface area contributed by atoms with Crippen LogP contribution in [-0.2, 0) is 9.53 Å². The summed E-state index contributed by atoms with van der Waals surface area (Å²) in [6, 6.07) is 3.35. The molecule has 1 aromatic rings. The number of aliphatic carboxylic acids is 1. The maximum absolute atomic E-state index is 13.7. The van der Waals surface area contributed by atoms with Crippen LogP contribution in [0.5, 0.6) is 0 Å². The molecule has 1 aromatic carbocycles. The lowest BCUT2D eigenvalue weighted by Crippen LogP contribution is -2.58. The molecule has 8 heteroatoms. The normalized spacial score (nSPS) is 17.0. The Morgan fingerprint density at radius 3 is 2.62 bits per heavy atom. The minimum atomic E-state index is -1.41. The average molecular weight is 317 g/mol. The first kappa shape index (κ1) is 15.5. The second-order valence-corrected chi connectivity index (χ2v) is 5.09. The Labute approximate surface area is 125 Å². The zero-order valence-electron chi connectivity index (χ0n) is 11.0. The van der Waals surface area contributed by atoms with E-state index in [4.69, 9.17) is 16.3 Å². The van der Waals surface area contributed by atoms with Crippen LogP contribution in [0.15, 0.2) is 18.2 Å². The van der Waals surface area contributed by atoms with E-state index in [1.54, 1.807) is 0 Å². The summed E-state index contributed by atoms with van der Waals surface area (Å²) in [6.45, 7) is 0.468. The molecule has 0 saturated carbocycles. The highest BCUT2D eigenvalue weighted by atomic mass is 35.5. The molecule has 0 bridgehead atoms. The number of ether oxygens (including phenoxy) is 1. The van der Waals surface area contributed by atoms with Crippen LogP contribution in [-0.4, -0.2) is 35.9 Å². The quantitative estimate of drug-likeness (QED) is 0.798. The summed E-state index contributed by atoms with van der Waals surface area (Å²) in [5, 5.41) is 13.8. The third-order valence-corrected chi connectivity index (χ3v) is 3.60. The number of nitrogens with one attached hydrogen (secondary N) is 2. The number of urea groups is 1. The summed E-state index contributed by atoms with van der Waals surface area (Å²) in [4.78, 5) is 23.3. The predicted molar refractivity (Wildman–Crippen MR) is 74.0 cm³/mol. The minimum Gasteiger partial charge on any atom is -0.480 e. The second kappa shape index (κ2) is 6.28. The van der Waals surface area contributed by atoms with E-state index < -0.39 is 23.4 Å². The number of hydrogen-bond acceptors (Lipinski definition) is 3. The van der Waals surface area contributed by atoms with Crippen LogP contribution in [0.2, 0.25) is 5.02 Å². The summed E-state index contributed by atoms with van der Waals surface area (Å²) in [5.41, 5.74) is -1.52. The van der Waals surface area contributed by atoms with Crippen molar-refractivity contribution >= 4 is 29.3 Å². The number of benzene rings is 1. The SMILES string of the molecule is O=C(Nc1cccc(Cl)c1F)NC1(C(=O)O)CCOCC1. The third-order valence-electron chi connectivity index (χ3n) is 3.31. The van der Waals surface area contributed by atoms with Crippen LogP contribution in [0, 0.1) is 5.82 Å². The van der Waals surface area contributed by atoms with E-state index in [0.29, 0.717) is 0 Å². The lowest BCUT2D eigenvalue weighted by molar-refractivity contribution is -0.148. The van der Waals surface area contributed by atoms with Gasteiger partial charge in [-0.2, -0.15) is 0 Å². The number of carboxylic acid groups (broad SMARTS) is 1. The summed E-state index contributed by atoms with van der Waals surface area (Å²) < 4.78 is 18.8. The zero-order chi connectivity index (χ0) is 15.5. The Morgan fingerprint density at radius 2 is 2.00 bits per heavy atom. The molecule has 0 atom stereocenters. The third kappa shape index (κ3) is 3.43. The van der Waals surface area contributed by atoms with Gasteiger partial charge in [-0.25, -0.2) is 14.0 Å². The molecule has 2 rings (SSSR count). The van der Waals surface area contributed by atoms with Gasteiger partial charge in [0.25, 0.3) is 0 Å². The minimum absolute atomic E-state index is 0.118. The molecule has 1 fully saturated rings. The highest BCUT2D eigenvalue weighted by molar-refractivity contribution is 6.31. The van der Waals surface area contributed by atoms with Crippen molar-refractivity contribution in [3.8, 4) is 0 Å². The molecule has 1 saturated heterocycles. The van der Waals surface area contributed by atoms with E-state index in [-0.39, 0.29) is 36.8 Å². The smallest absolute Gasteiger partial charge is 0.329 e. The van der Waals surface area contributed by atoms with E-state index in [2.05, 4.69) is 10.6 Å². The van der Waals surface area contributed by atoms with E-state index in [1.165, 1.54) is 18.2 Å². The number of anilines is 1. The van der Waals surface area contributed by atoms with Gasteiger partial charge in [0, 0.05) is 26.1 Å². The van der Waals surface area contributed by atoms with E-state index in [9.17, 15) is 19.1 Å². The van der Waals surface area contributed by atoms with Gasteiger partial charge in [0.05, 0.1) is 10.7 Å². The molecule has 3 N–H and O–H groups in total. The Hall–Kier alpha value is -1.86. The molecule has 2 amide bonds. The van der Waals surface area contributed by atoms with Gasteiger partial charge in [0.2, 0.25) is 0 Å². The molecular formula is C13H14ClFN2O4. The van der Waals surface area contributed by atoms with Crippen molar-refractivity contribution in [2.45, 2.75) is 18.4 Å². The van der Waals surface area contributed by atoms with Crippen LogP contribution in [0.3, 0.4) is 0 Å². The molecule has 1 aliphatic heterocycles. The number of halogens is 2. The van der Waals surface area contributed by atoms with Gasteiger partial charge in [-0.05, 0) is 12.1 Å². The van der Waals surface area contributed by atoms with Crippen LogP contribution in [0.25, 0.3) is 0 Å². The van der Waals surface area contributed by atoms with E-state index in [1.807, 2.05) is 0 Å². The first-order chi connectivity index (χ1) is 9.94. The lowest BCUT2D eigenvalue weighted by atomic mass is 9.90. The maximum atomic E-state index is 13.7. The molecule has 0 aliphatic carbocycles. The monoisotopic (exact) mass is 316 g/mol.